The maximum atomic E-state index is 14.0. The fraction of sp³-hybridized carbons (Fsp3) is 0.200. The van der Waals surface area contributed by atoms with E-state index in [1.165, 1.54) is 16.6 Å². The van der Waals surface area contributed by atoms with Gasteiger partial charge in [-0.15, -0.1) is 0 Å². The first-order chi connectivity index (χ1) is 20.2. The van der Waals surface area contributed by atoms with Gasteiger partial charge in [-0.3, -0.25) is 23.7 Å². The van der Waals surface area contributed by atoms with Crippen molar-refractivity contribution in [1.29, 1.82) is 0 Å². The molecular formula is C30H23Cl2N3O5S2. The van der Waals surface area contributed by atoms with Gasteiger partial charge in [-0.25, -0.2) is 4.90 Å². The summed E-state index contributed by atoms with van der Waals surface area (Å²) in [6.07, 6.45) is 0. The van der Waals surface area contributed by atoms with Crippen molar-refractivity contribution in [2.45, 2.75) is 29.7 Å². The second kappa shape index (κ2) is 11.3. The van der Waals surface area contributed by atoms with Crippen molar-refractivity contribution in [2.75, 3.05) is 17.3 Å². The average molecular weight is 641 g/mol. The molecule has 1 aromatic heterocycles. The third kappa shape index (κ3) is 4.92. The molecular weight excluding hydrogens is 617 g/mol. The average Bonchev–Trinajstić information content (AvgIpc) is 3.41. The molecule has 1 saturated heterocycles. The molecule has 2 unspecified atom stereocenters. The number of carbonyl (C=O) groups is 3. The third-order valence-electron chi connectivity index (χ3n) is 7.30. The number of thiazole rings is 1. The first kappa shape index (κ1) is 28.5. The van der Waals surface area contributed by atoms with Crippen molar-refractivity contribution < 1.29 is 19.1 Å². The van der Waals surface area contributed by atoms with Crippen LogP contribution in [0.1, 0.15) is 21.9 Å². The molecule has 3 amide bonds. The van der Waals surface area contributed by atoms with Gasteiger partial charge in [0.1, 0.15) is 17.5 Å². The molecule has 8 nitrogen and oxygen atoms in total. The summed E-state index contributed by atoms with van der Waals surface area (Å²) in [6, 6.07) is 19.1. The SMILES string of the molecule is COc1ccc(N2C(=O)C3Sc4c(sc(=O)n4CC(=O)Nc4cccc(C)c4)[C@H](c4cccc(Cl)c4Cl)C3C2=O)cc1. The minimum Gasteiger partial charge on any atom is -0.497 e. The highest BCUT2D eigenvalue weighted by molar-refractivity contribution is 8.00. The number of nitrogens with one attached hydrogen (secondary N) is 1. The van der Waals surface area contributed by atoms with Crippen LogP contribution in [0.4, 0.5) is 11.4 Å². The minimum atomic E-state index is -0.854. The molecule has 214 valence electrons. The fourth-order valence-corrected chi connectivity index (χ4v) is 8.59. The Balaban J connectivity index is 1.43. The molecule has 0 aliphatic carbocycles. The highest BCUT2D eigenvalue weighted by Gasteiger charge is 2.57. The van der Waals surface area contributed by atoms with E-state index in [-0.39, 0.29) is 16.4 Å². The predicted octanol–water partition coefficient (Wildman–Crippen LogP) is 5.97. The molecule has 0 bridgehead atoms. The lowest BCUT2D eigenvalue weighted by Gasteiger charge is -2.31. The van der Waals surface area contributed by atoms with Gasteiger partial charge in [-0.2, -0.15) is 0 Å². The Morgan fingerprint density at radius 1 is 1.00 bits per heavy atom. The number of fused-ring (bicyclic) bond motifs is 2. The Kier molecular flexibility index (Phi) is 7.65. The number of nitrogens with zero attached hydrogens (tertiary/aromatic N) is 2. The highest BCUT2D eigenvalue weighted by atomic mass is 35.5. The lowest BCUT2D eigenvalue weighted by atomic mass is 9.83. The van der Waals surface area contributed by atoms with Crippen LogP contribution >= 0.6 is 46.3 Å². The van der Waals surface area contributed by atoms with Gasteiger partial charge in [0, 0.05) is 16.5 Å². The van der Waals surface area contributed by atoms with Gasteiger partial charge in [0.25, 0.3) is 0 Å². The molecule has 12 heteroatoms. The summed E-state index contributed by atoms with van der Waals surface area (Å²) in [5, 5.41) is 2.98. The number of aryl methyl sites for hydroxylation is 1. The largest absolute Gasteiger partial charge is 0.497 e. The normalized spacial score (nSPS) is 19.4. The summed E-state index contributed by atoms with van der Waals surface area (Å²) < 4.78 is 6.59. The number of hydrogen-bond donors (Lipinski definition) is 1. The number of carbonyl (C=O) groups excluding carboxylic acids is 3. The molecule has 1 N–H and O–H groups in total. The van der Waals surface area contributed by atoms with Gasteiger partial charge in [0.05, 0.1) is 33.8 Å². The van der Waals surface area contributed by atoms with Gasteiger partial charge in [0.15, 0.2) is 0 Å². The van der Waals surface area contributed by atoms with Crippen molar-refractivity contribution in [3.05, 3.63) is 102 Å². The Morgan fingerprint density at radius 2 is 1.74 bits per heavy atom. The molecule has 4 aromatic rings. The molecule has 6 rings (SSSR count). The second-order valence-corrected chi connectivity index (χ2v) is 12.8. The maximum absolute atomic E-state index is 14.0. The predicted molar refractivity (Wildman–Crippen MR) is 165 cm³/mol. The first-order valence-corrected chi connectivity index (χ1v) is 15.4. The second-order valence-electron chi connectivity index (χ2n) is 9.94. The van der Waals surface area contributed by atoms with Crippen molar-refractivity contribution in [3.8, 4) is 5.75 Å². The zero-order chi connectivity index (χ0) is 29.7. The molecule has 3 aromatic carbocycles. The van der Waals surface area contributed by atoms with E-state index in [2.05, 4.69) is 5.32 Å². The number of anilines is 2. The van der Waals surface area contributed by atoms with Gasteiger partial charge >= 0.3 is 4.87 Å². The van der Waals surface area contributed by atoms with Crippen molar-refractivity contribution in [3.63, 3.8) is 0 Å². The van der Waals surface area contributed by atoms with Gasteiger partial charge in [-0.05, 0) is 60.5 Å². The number of thioether (sulfide) groups is 1. The molecule has 0 saturated carbocycles. The Hall–Kier alpha value is -3.57. The third-order valence-corrected chi connectivity index (χ3v) is 10.7. The molecule has 1 fully saturated rings. The van der Waals surface area contributed by atoms with E-state index in [0.29, 0.717) is 37.6 Å². The van der Waals surface area contributed by atoms with E-state index in [9.17, 15) is 19.2 Å². The Labute approximate surface area is 259 Å². The van der Waals surface area contributed by atoms with Crippen LogP contribution in [-0.4, -0.2) is 34.6 Å². The Morgan fingerprint density at radius 3 is 2.45 bits per heavy atom. The summed E-state index contributed by atoms with van der Waals surface area (Å²) >= 11 is 15.1. The van der Waals surface area contributed by atoms with Gasteiger partial charge < -0.3 is 10.1 Å². The van der Waals surface area contributed by atoms with Crippen LogP contribution in [0.25, 0.3) is 0 Å². The van der Waals surface area contributed by atoms with Crippen LogP contribution in [-0.2, 0) is 20.9 Å². The zero-order valence-electron chi connectivity index (χ0n) is 22.3. The summed E-state index contributed by atoms with van der Waals surface area (Å²) in [5.74, 6) is -2.20. The van der Waals surface area contributed by atoms with Crippen molar-refractivity contribution in [2.24, 2.45) is 5.92 Å². The van der Waals surface area contributed by atoms with Gasteiger partial charge in [0.2, 0.25) is 17.7 Å². The van der Waals surface area contributed by atoms with E-state index in [0.717, 1.165) is 28.7 Å². The molecule has 0 radical (unpaired) electrons. The monoisotopic (exact) mass is 639 g/mol. The summed E-state index contributed by atoms with van der Waals surface area (Å²) in [7, 11) is 1.53. The van der Waals surface area contributed by atoms with E-state index < -0.39 is 34.8 Å². The maximum Gasteiger partial charge on any atom is 0.308 e. The molecule has 3 heterocycles. The zero-order valence-corrected chi connectivity index (χ0v) is 25.4. The number of aromatic nitrogens is 1. The van der Waals surface area contributed by atoms with E-state index in [1.807, 2.05) is 25.1 Å². The smallest absolute Gasteiger partial charge is 0.308 e. The van der Waals surface area contributed by atoms with Crippen LogP contribution in [0.15, 0.2) is 76.6 Å². The van der Waals surface area contributed by atoms with Crippen LogP contribution in [0.2, 0.25) is 10.0 Å². The highest BCUT2D eigenvalue weighted by Crippen LogP contribution is 2.55. The fourth-order valence-electron chi connectivity index (χ4n) is 5.40. The summed E-state index contributed by atoms with van der Waals surface area (Å²) in [4.78, 5) is 55.7. The Bertz CT molecular complexity index is 1800. The number of methoxy groups -OCH3 is 1. The van der Waals surface area contributed by atoms with E-state index in [4.69, 9.17) is 27.9 Å². The van der Waals surface area contributed by atoms with Gasteiger partial charge in [-0.1, -0.05) is 70.6 Å². The number of benzene rings is 3. The number of hydrogen-bond acceptors (Lipinski definition) is 7. The molecule has 3 atom stereocenters. The lowest BCUT2D eigenvalue weighted by molar-refractivity contribution is -0.122. The quantitative estimate of drug-likeness (QED) is 0.261. The van der Waals surface area contributed by atoms with E-state index >= 15 is 0 Å². The number of halogens is 2. The molecule has 2 aliphatic rings. The lowest BCUT2D eigenvalue weighted by Crippen LogP contribution is -2.33. The van der Waals surface area contributed by atoms with Crippen LogP contribution in [0.3, 0.4) is 0 Å². The first-order valence-electron chi connectivity index (χ1n) is 12.9. The number of rotatable bonds is 6. The van der Waals surface area contributed by atoms with Crippen molar-refractivity contribution >= 4 is 75.4 Å². The van der Waals surface area contributed by atoms with Crippen molar-refractivity contribution in [1.82, 2.24) is 4.57 Å². The summed E-state index contributed by atoms with van der Waals surface area (Å²) in [6.45, 7) is 1.65. The molecule has 0 spiro atoms. The molecule has 2 aliphatic heterocycles. The minimum absolute atomic E-state index is 0.244. The van der Waals surface area contributed by atoms with Crippen LogP contribution in [0, 0.1) is 12.8 Å². The molecule has 42 heavy (non-hydrogen) atoms. The van der Waals surface area contributed by atoms with E-state index in [1.54, 1.807) is 48.5 Å². The topological polar surface area (TPSA) is 97.7 Å². The van der Waals surface area contributed by atoms with Crippen LogP contribution < -0.4 is 19.8 Å². The number of ether oxygens (including phenoxy) is 1. The standard InChI is InChI=1S/C30H23Cl2N3O5S2/c1-15-5-3-6-16(13-15)33-21(36)14-34-29-26(42-30(34)39)22(19-7-4-8-20(31)24(19)32)23-25(41-29)28(38)35(27(23)37)17-9-11-18(40-2)12-10-17/h3-13,22-23,25H,14H2,1-2H3,(H,33,36)/t22-,23?,25?/m1/s1. The number of imide groups is 1. The summed E-state index contributed by atoms with van der Waals surface area (Å²) in [5.41, 5.74) is 2.54. The number of amides is 3. The van der Waals surface area contributed by atoms with Crippen LogP contribution in [0.5, 0.6) is 5.75 Å².